The monoisotopic (exact) mass is 358 g/mol. The van der Waals surface area contributed by atoms with Crippen LogP contribution in [0.5, 0.6) is 5.75 Å². The number of carbonyl (C=O) groups is 1. The zero-order valence-electron chi connectivity index (χ0n) is 14.5. The normalized spacial score (nSPS) is 19.2. The number of aliphatic hydroxyl groups excluding tert-OH is 1. The Bertz CT molecular complexity index is 1100. The number of rotatable bonds is 2. The molecule has 0 amide bonds. The van der Waals surface area contributed by atoms with E-state index in [4.69, 9.17) is 0 Å². The van der Waals surface area contributed by atoms with E-state index in [0.717, 1.165) is 22.8 Å². The molecule has 3 N–H and O–H groups in total. The molecule has 0 fully saturated rings. The topological polar surface area (TPSA) is 77.8 Å². The van der Waals surface area contributed by atoms with Crippen LogP contribution in [0.3, 0.4) is 0 Å². The van der Waals surface area contributed by atoms with Crippen molar-refractivity contribution in [2.75, 3.05) is 0 Å². The average Bonchev–Trinajstić information content (AvgIpc) is 2.95. The Labute approximate surface area is 156 Å². The number of aliphatic carboxylic acids is 1. The van der Waals surface area contributed by atoms with Gasteiger partial charge in [0.2, 0.25) is 0 Å². The van der Waals surface area contributed by atoms with Gasteiger partial charge in [0, 0.05) is 17.1 Å². The third kappa shape index (κ3) is 2.85. The molecular weight excluding hydrogens is 340 g/mol. The Hall–Kier alpha value is -3.53. The highest BCUT2D eigenvalue weighted by Gasteiger charge is 2.28. The van der Waals surface area contributed by atoms with E-state index in [-0.39, 0.29) is 23.0 Å². The largest absolute Gasteiger partial charge is 0.507 e. The zero-order valence-corrected chi connectivity index (χ0v) is 14.5. The minimum atomic E-state index is -1.22. The molecule has 0 radical (unpaired) electrons. The standard InChI is InChI=1S/C23H18O4/c24-19-13-11-15-7-4-5-9-16(15)20(19)21-17-8-3-1-2-6-14(17)10-12-18(22(21)25)23(26)27/h2-14,24-25H,1H2,(H,26,27). The zero-order chi connectivity index (χ0) is 19.0. The summed E-state index contributed by atoms with van der Waals surface area (Å²) in [6.07, 6.45) is 11.8. The minimum Gasteiger partial charge on any atom is -0.507 e. The average molecular weight is 358 g/mol. The minimum absolute atomic E-state index is 0.00485. The second-order valence-electron chi connectivity index (χ2n) is 6.53. The fraction of sp³-hybridized carbons (Fsp3) is 0.0870. The summed E-state index contributed by atoms with van der Waals surface area (Å²) in [4.78, 5) is 11.7. The van der Waals surface area contributed by atoms with E-state index in [0.29, 0.717) is 11.1 Å². The van der Waals surface area contributed by atoms with Crippen LogP contribution in [0.25, 0.3) is 16.3 Å². The Kier molecular flexibility index (Phi) is 4.16. The first-order chi connectivity index (χ1) is 13.1. The first kappa shape index (κ1) is 16.9. The van der Waals surface area contributed by atoms with Crippen molar-refractivity contribution in [3.8, 4) is 5.75 Å². The second-order valence-corrected chi connectivity index (χ2v) is 6.53. The molecule has 4 heteroatoms. The van der Waals surface area contributed by atoms with Gasteiger partial charge in [0.05, 0.1) is 0 Å². The number of fused-ring (bicyclic) bond motifs is 2. The summed E-state index contributed by atoms with van der Waals surface area (Å²) in [5.41, 5.74) is 1.34. The van der Waals surface area contributed by atoms with Crippen molar-refractivity contribution >= 4 is 22.3 Å². The molecule has 2 aliphatic carbocycles. The molecule has 0 bridgehead atoms. The number of aromatic hydroxyl groups is 1. The number of carboxylic acid groups (broad SMARTS) is 1. The lowest BCUT2D eigenvalue weighted by Crippen LogP contribution is -2.05. The number of benzene rings is 2. The summed E-state index contributed by atoms with van der Waals surface area (Å²) in [5.74, 6) is -1.76. The van der Waals surface area contributed by atoms with Gasteiger partial charge in [-0.1, -0.05) is 60.7 Å². The van der Waals surface area contributed by atoms with Crippen LogP contribution in [-0.2, 0) is 4.79 Å². The number of allylic oxidation sites excluding steroid dienone is 7. The number of phenolic OH excluding ortho intramolecular Hbond substituents is 1. The number of phenols is 1. The van der Waals surface area contributed by atoms with E-state index < -0.39 is 5.97 Å². The van der Waals surface area contributed by atoms with Crippen LogP contribution in [0, 0.1) is 5.92 Å². The summed E-state index contributed by atoms with van der Waals surface area (Å²) in [6.45, 7) is 0. The lowest BCUT2D eigenvalue weighted by molar-refractivity contribution is -0.132. The molecule has 0 aliphatic heterocycles. The number of hydrogen-bond acceptors (Lipinski definition) is 3. The summed E-state index contributed by atoms with van der Waals surface area (Å²) < 4.78 is 0. The molecule has 2 aromatic carbocycles. The van der Waals surface area contributed by atoms with Gasteiger partial charge < -0.3 is 15.3 Å². The van der Waals surface area contributed by atoms with Crippen molar-refractivity contribution in [1.82, 2.24) is 0 Å². The van der Waals surface area contributed by atoms with Gasteiger partial charge in [-0.2, -0.15) is 0 Å². The molecule has 27 heavy (non-hydrogen) atoms. The summed E-state index contributed by atoms with van der Waals surface area (Å²) in [7, 11) is 0. The number of carboxylic acids is 1. The van der Waals surface area contributed by atoms with Crippen molar-refractivity contribution < 1.29 is 20.1 Å². The Morgan fingerprint density at radius 3 is 2.59 bits per heavy atom. The molecule has 2 aromatic rings. The maximum Gasteiger partial charge on any atom is 0.339 e. The highest BCUT2D eigenvalue weighted by atomic mass is 16.4. The molecule has 0 saturated carbocycles. The van der Waals surface area contributed by atoms with E-state index in [1.807, 2.05) is 48.6 Å². The fourth-order valence-electron chi connectivity index (χ4n) is 3.64. The molecular formula is C23H18O4. The van der Waals surface area contributed by atoms with Crippen LogP contribution in [0.15, 0.2) is 89.8 Å². The number of aliphatic hydroxyl groups is 1. The molecule has 4 nitrogen and oxygen atoms in total. The highest BCUT2D eigenvalue weighted by Crippen LogP contribution is 2.43. The van der Waals surface area contributed by atoms with Gasteiger partial charge in [0.25, 0.3) is 0 Å². The van der Waals surface area contributed by atoms with Crippen molar-refractivity contribution in [2.45, 2.75) is 6.42 Å². The smallest absolute Gasteiger partial charge is 0.339 e. The highest BCUT2D eigenvalue weighted by molar-refractivity contribution is 6.04. The summed E-state index contributed by atoms with van der Waals surface area (Å²) in [6, 6.07) is 10.9. The molecule has 134 valence electrons. The lowest BCUT2D eigenvalue weighted by atomic mass is 9.87. The van der Waals surface area contributed by atoms with Crippen LogP contribution in [0.4, 0.5) is 0 Å². The molecule has 0 aromatic heterocycles. The van der Waals surface area contributed by atoms with Crippen LogP contribution in [0.1, 0.15) is 12.0 Å². The lowest BCUT2D eigenvalue weighted by Gasteiger charge is -2.18. The van der Waals surface area contributed by atoms with Crippen LogP contribution < -0.4 is 0 Å². The van der Waals surface area contributed by atoms with E-state index >= 15 is 0 Å². The Morgan fingerprint density at radius 2 is 1.78 bits per heavy atom. The van der Waals surface area contributed by atoms with Gasteiger partial charge in [0.15, 0.2) is 0 Å². The quantitative estimate of drug-likeness (QED) is 0.668. The van der Waals surface area contributed by atoms with Gasteiger partial charge in [-0.25, -0.2) is 4.79 Å². The molecule has 1 atom stereocenters. The Balaban J connectivity index is 2.15. The predicted octanol–water partition coefficient (Wildman–Crippen LogP) is 4.90. The Morgan fingerprint density at radius 1 is 0.963 bits per heavy atom. The van der Waals surface area contributed by atoms with E-state index in [1.54, 1.807) is 18.2 Å². The van der Waals surface area contributed by atoms with Gasteiger partial charge in [-0.05, 0) is 34.9 Å². The van der Waals surface area contributed by atoms with Crippen LogP contribution in [0.2, 0.25) is 0 Å². The molecule has 0 spiro atoms. The van der Waals surface area contributed by atoms with Crippen molar-refractivity contribution in [3.05, 3.63) is 95.3 Å². The van der Waals surface area contributed by atoms with Crippen molar-refractivity contribution in [2.24, 2.45) is 5.92 Å². The molecule has 1 unspecified atom stereocenters. The first-order valence-corrected chi connectivity index (χ1v) is 8.71. The predicted molar refractivity (Wildman–Crippen MR) is 105 cm³/mol. The fourth-order valence-corrected chi connectivity index (χ4v) is 3.64. The maximum atomic E-state index is 11.7. The second kappa shape index (κ2) is 6.65. The third-order valence-electron chi connectivity index (χ3n) is 4.91. The van der Waals surface area contributed by atoms with Gasteiger partial charge in [0.1, 0.15) is 17.1 Å². The van der Waals surface area contributed by atoms with Crippen molar-refractivity contribution in [1.29, 1.82) is 0 Å². The van der Waals surface area contributed by atoms with E-state index in [9.17, 15) is 20.1 Å². The van der Waals surface area contributed by atoms with Crippen LogP contribution in [-0.4, -0.2) is 21.3 Å². The third-order valence-corrected chi connectivity index (χ3v) is 4.91. The summed E-state index contributed by atoms with van der Waals surface area (Å²) >= 11 is 0. The number of hydrogen-bond donors (Lipinski definition) is 3. The van der Waals surface area contributed by atoms with Crippen LogP contribution >= 0.6 is 0 Å². The first-order valence-electron chi connectivity index (χ1n) is 8.71. The SMILES string of the molecule is O=C(O)C1=C(O)C(c2c(O)ccc3ccccc23)=C2C=CCC=CC2C=C1. The van der Waals surface area contributed by atoms with Crippen molar-refractivity contribution in [3.63, 3.8) is 0 Å². The molecule has 0 heterocycles. The van der Waals surface area contributed by atoms with E-state index in [2.05, 4.69) is 0 Å². The molecule has 0 saturated heterocycles. The van der Waals surface area contributed by atoms with E-state index in [1.165, 1.54) is 6.08 Å². The van der Waals surface area contributed by atoms with Gasteiger partial charge in [-0.15, -0.1) is 0 Å². The maximum absolute atomic E-state index is 11.7. The van der Waals surface area contributed by atoms with Gasteiger partial charge in [-0.3, -0.25) is 0 Å². The summed E-state index contributed by atoms with van der Waals surface area (Å²) in [5, 5.41) is 32.9. The molecule has 4 rings (SSSR count). The molecule has 2 aliphatic rings. The van der Waals surface area contributed by atoms with Gasteiger partial charge >= 0.3 is 5.97 Å².